The number of carbonyl (C=O) groups excluding carboxylic acids is 2. The van der Waals surface area contributed by atoms with Gasteiger partial charge in [-0.25, -0.2) is 4.79 Å². The van der Waals surface area contributed by atoms with Crippen molar-refractivity contribution in [2.24, 2.45) is 0 Å². The molecule has 1 aliphatic carbocycles. The number of fused-ring (bicyclic) bond motifs is 3. The monoisotopic (exact) mass is 440 g/mol. The second-order valence-corrected chi connectivity index (χ2v) is 9.41. The maximum atomic E-state index is 13.2. The number of nitrogens with zero attached hydrogens (tertiary/aromatic N) is 2. The first kappa shape index (κ1) is 21.4. The number of esters is 1. The number of anilines is 1. The second-order valence-electron chi connectivity index (χ2n) is 9.41. The first-order chi connectivity index (χ1) is 15.9. The van der Waals surface area contributed by atoms with Crippen LogP contribution in [-0.2, 0) is 27.8 Å². The maximum absolute atomic E-state index is 13.2. The first-order valence-corrected chi connectivity index (χ1v) is 11.5. The average molecular weight is 441 g/mol. The summed E-state index contributed by atoms with van der Waals surface area (Å²) in [7, 11) is 1.97. The summed E-state index contributed by atoms with van der Waals surface area (Å²) in [6.07, 6.45) is 5.40. The molecule has 0 unspecified atom stereocenters. The van der Waals surface area contributed by atoms with Gasteiger partial charge in [-0.1, -0.05) is 50.2 Å². The van der Waals surface area contributed by atoms with Gasteiger partial charge in [-0.2, -0.15) is 0 Å². The van der Waals surface area contributed by atoms with Gasteiger partial charge >= 0.3 is 5.97 Å². The predicted octanol–water partition coefficient (Wildman–Crippen LogP) is 5.15. The summed E-state index contributed by atoms with van der Waals surface area (Å²) in [4.78, 5) is 32.9. The number of pyridine rings is 1. The highest BCUT2D eigenvalue weighted by molar-refractivity contribution is 6.06. The fraction of sp³-hybridized carbons (Fsp3) is 0.321. The summed E-state index contributed by atoms with van der Waals surface area (Å²) < 4.78 is 5.58. The Bertz CT molecular complexity index is 1310. The lowest BCUT2D eigenvalue weighted by Gasteiger charge is -2.24. The number of aryl methyl sites for hydroxylation is 1. The molecule has 1 aliphatic heterocycles. The van der Waals surface area contributed by atoms with Crippen molar-refractivity contribution in [3.8, 4) is 0 Å². The Kier molecular flexibility index (Phi) is 5.28. The molecule has 0 saturated heterocycles. The van der Waals surface area contributed by atoms with E-state index in [1.54, 1.807) is 6.08 Å². The molecule has 0 saturated carbocycles. The zero-order valence-electron chi connectivity index (χ0n) is 19.4. The third kappa shape index (κ3) is 3.62. The van der Waals surface area contributed by atoms with Crippen molar-refractivity contribution >= 4 is 28.3 Å². The average Bonchev–Trinajstić information content (AvgIpc) is 3.01. The topological polar surface area (TPSA) is 59.5 Å². The van der Waals surface area contributed by atoms with Crippen LogP contribution in [-0.4, -0.2) is 30.4 Å². The van der Waals surface area contributed by atoms with Crippen LogP contribution in [0.4, 0.5) is 5.69 Å². The van der Waals surface area contributed by atoms with Crippen LogP contribution in [0, 0.1) is 0 Å². The Hall–Kier alpha value is -3.47. The van der Waals surface area contributed by atoms with Crippen LogP contribution in [0.25, 0.3) is 10.9 Å². The van der Waals surface area contributed by atoms with Crippen molar-refractivity contribution in [1.29, 1.82) is 0 Å². The number of benzene rings is 2. The molecule has 3 aromatic rings. The van der Waals surface area contributed by atoms with Gasteiger partial charge in [0.15, 0.2) is 12.4 Å². The fourth-order valence-electron chi connectivity index (χ4n) is 5.27. The van der Waals surface area contributed by atoms with Gasteiger partial charge < -0.3 is 9.64 Å². The molecule has 5 nitrogen and oxygen atoms in total. The van der Waals surface area contributed by atoms with Gasteiger partial charge in [0.2, 0.25) is 0 Å². The number of ether oxygens (including phenoxy) is 1. The zero-order valence-corrected chi connectivity index (χ0v) is 19.4. The number of carbonyl (C=O) groups is 2. The Labute approximate surface area is 194 Å². The van der Waals surface area contributed by atoms with Crippen molar-refractivity contribution < 1.29 is 14.3 Å². The highest BCUT2D eigenvalue weighted by Crippen LogP contribution is 2.46. The van der Waals surface area contributed by atoms with E-state index in [0.29, 0.717) is 5.56 Å². The number of hydrogen-bond acceptors (Lipinski definition) is 5. The van der Waals surface area contributed by atoms with Crippen molar-refractivity contribution in [3.63, 3.8) is 0 Å². The number of ketones is 1. The smallest absolute Gasteiger partial charge is 0.339 e. The summed E-state index contributed by atoms with van der Waals surface area (Å²) >= 11 is 0. The Morgan fingerprint density at radius 3 is 2.61 bits per heavy atom. The summed E-state index contributed by atoms with van der Waals surface area (Å²) in [5.74, 6) is -0.667. The third-order valence-corrected chi connectivity index (χ3v) is 6.96. The SMILES string of the molecule is CN1C(=CC(=O)COC(=O)c2c3c(nc4ccccc24)CCCC3)C(C)(C)c2ccccc21. The molecule has 5 rings (SSSR count). The number of aromatic nitrogens is 1. The third-order valence-electron chi connectivity index (χ3n) is 6.96. The molecule has 0 amide bonds. The summed E-state index contributed by atoms with van der Waals surface area (Å²) in [5.41, 5.74) is 6.19. The predicted molar refractivity (Wildman–Crippen MR) is 130 cm³/mol. The molecule has 0 bridgehead atoms. The van der Waals surface area contributed by atoms with Crippen LogP contribution in [0.2, 0.25) is 0 Å². The second kappa shape index (κ2) is 8.14. The lowest BCUT2D eigenvalue weighted by atomic mass is 9.83. The van der Waals surface area contributed by atoms with Crippen molar-refractivity contribution in [2.75, 3.05) is 18.6 Å². The molecule has 0 radical (unpaired) electrons. The van der Waals surface area contributed by atoms with Gasteiger partial charge in [0.1, 0.15) is 0 Å². The van der Waals surface area contributed by atoms with Gasteiger partial charge in [-0.3, -0.25) is 9.78 Å². The molecular formula is C28H28N2O3. The van der Waals surface area contributed by atoms with Gasteiger partial charge in [0.25, 0.3) is 0 Å². The van der Waals surface area contributed by atoms with Crippen LogP contribution in [0.5, 0.6) is 0 Å². The zero-order chi connectivity index (χ0) is 23.2. The molecule has 2 heterocycles. The molecule has 0 atom stereocenters. The molecule has 1 aromatic heterocycles. The van der Waals surface area contributed by atoms with E-state index in [0.717, 1.165) is 59.2 Å². The number of hydrogen-bond donors (Lipinski definition) is 0. The summed E-state index contributed by atoms with van der Waals surface area (Å²) in [6, 6.07) is 15.8. The fourth-order valence-corrected chi connectivity index (χ4v) is 5.27. The van der Waals surface area contributed by atoms with E-state index in [1.807, 2.05) is 48.3 Å². The molecule has 0 fully saturated rings. The van der Waals surface area contributed by atoms with Crippen molar-refractivity contribution in [2.45, 2.75) is 44.9 Å². The van der Waals surface area contributed by atoms with Crippen molar-refractivity contribution in [1.82, 2.24) is 4.98 Å². The number of allylic oxidation sites excluding steroid dienone is 1. The van der Waals surface area contributed by atoms with Crippen LogP contribution < -0.4 is 4.90 Å². The molecular weight excluding hydrogens is 412 g/mol. The van der Waals surface area contributed by atoms with E-state index in [9.17, 15) is 9.59 Å². The minimum atomic E-state index is -0.444. The van der Waals surface area contributed by atoms with E-state index < -0.39 is 5.97 Å². The van der Waals surface area contributed by atoms with E-state index in [1.165, 1.54) is 5.56 Å². The van der Waals surface area contributed by atoms with E-state index >= 15 is 0 Å². The first-order valence-electron chi connectivity index (χ1n) is 11.5. The Morgan fingerprint density at radius 2 is 1.79 bits per heavy atom. The lowest BCUT2D eigenvalue weighted by molar-refractivity contribution is -0.117. The van der Waals surface area contributed by atoms with Crippen LogP contribution in [0.1, 0.15) is 53.9 Å². The minimum absolute atomic E-state index is 0.224. The largest absolute Gasteiger partial charge is 0.454 e. The minimum Gasteiger partial charge on any atom is -0.454 e. The van der Waals surface area contributed by atoms with Crippen LogP contribution >= 0.6 is 0 Å². The summed E-state index contributed by atoms with van der Waals surface area (Å²) in [6.45, 7) is 3.93. The lowest BCUT2D eigenvalue weighted by Crippen LogP contribution is -2.25. The van der Waals surface area contributed by atoms with Gasteiger partial charge in [0.05, 0.1) is 11.1 Å². The molecule has 168 valence electrons. The van der Waals surface area contributed by atoms with Gasteiger partial charge in [0, 0.05) is 41.0 Å². The van der Waals surface area contributed by atoms with Crippen LogP contribution in [0.15, 0.2) is 60.3 Å². The Morgan fingerprint density at radius 1 is 1.06 bits per heavy atom. The quantitative estimate of drug-likeness (QED) is 0.415. The van der Waals surface area contributed by atoms with Gasteiger partial charge in [-0.05, 0) is 48.9 Å². The van der Waals surface area contributed by atoms with Gasteiger partial charge in [-0.15, -0.1) is 0 Å². The molecule has 5 heteroatoms. The Balaban J connectivity index is 1.40. The molecule has 2 aromatic carbocycles. The number of rotatable bonds is 4. The molecule has 0 spiro atoms. The molecule has 0 N–H and O–H groups in total. The summed E-state index contributed by atoms with van der Waals surface area (Å²) in [5, 5.41) is 0.793. The highest BCUT2D eigenvalue weighted by atomic mass is 16.5. The standard InChI is InChI=1S/C28H28N2O3/c1-28(2)21-12-6-9-15-24(21)30(3)25(28)16-18(31)17-33-27(32)26-19-10-4-7-13-22(19)29-23-14-8-5-11-20(23)26/h4,6-7,9-10,12-13,15-16H,5,8,11,14,17H2,1-3H3. The van der Waals surface area contributed by atoms with E-state index in [-0.39, 0.29) is 17.8 Å². The normalized spacial score (nSPS) is 17.7. The highest BCUT2D eigenvalue weighted by Gasteiger charge is 2.38. The maximum Gasteiger partial charge on any atom is 0.339 e. The van der Waals surface area contributed by atoms with E-state index in [2.05, 4.69) is 26.0 Å². The molecule has 2 aliphatic rings. The number of para-hydroxylation sites is 2. The molecule has 33 heavy (non-hydrogen) atoms. The van der Waals surface area contributed by atoms with Crippen molar-refractivity contribution in [3.05, 3.63) is 82.7 Å². The van der Waals surface area contributed by atoms with E-state index in [4.69, 9.17) is 9.72 Å². The number of likely N-dealkylation sites (N-methyl/N-ethyl adjacent to an activating group) is 1. The van der Waals surface area contributed by atoms with Crippen LogP contribution in [0.3, 0.4) is 0 Å².